The quantitative estimate of drug-likeness (QED) is 0.735. The number of rotatable bonds is 7. The van der Waals surface area contributed by atoms with E-state index in [2.05, 4.69) is 17.6 Å². The Kier molecular flexibility index (Phi) is 5.26. The third kappa shape index (κ3) is 2.76. The summed E-state index contributed by atoms with van der Waals surface area (Å²) in [5, 5.41) is 0. The van der Waals surface area contributed by atoms with Crippen molar-refractivity contribution in [1.29, 1.82) is 0 Å². The van der Waals surface area contributed by atoms with Gasteiger partial charge in [-0.15, -0.1) is 11.6 Å². The average Bonchev–Trinajstić information content (AvgIpc) is 2.83. The number of hydrogen-bond donors (Lipinski definition) is 0. The molecule has 0 saturated carbocycles. The maximum absolute atomic E-state index is 5.92. The minimum atomic E-state index is 0.260. The summed E-state index contributed by atoms with van der Waals surface area (Å²) in [6.45, 7) is 2.81. The molecule has 0 bridgehead atoms. The molecule has 2 aromatic rings. The van der Waals surface area contributed by atoms with Gasteiger partial charge in [-0.1, -0.05) is 13.0 Å². The van der Waals surface area contributed by atoms with Crippen molar-refractivity contribution in [3.8, 4) is 5.75 Å². The van der Waals surface area contributed by atoms with E-state index in [0.717, 1.165) is 35.4 Å². The lowest BCUT2D eigenvalue weighted by molar-refractivity contribution is 0.153. The van der Waals surface area contributed by atoms with Gasteiger partial charge < -0.3 is 14.0 Å². The largest absolute Gasteiger partial charge is 0.494 e. The molecule has 0 aliphatic rings. The van der Waals surface area contributed by atoms with Gasteiger partial charge in [-0.2, -0.15) is 0 Å². The van der Waals surface area contributed by atoms with Gasteiger partial charge in [-0.25, -0.2) is 4.98 Å². The summed E-state index contributed by atoms with van der Waals surface area (Å²) >= 11 is 5.92. The highest BCUT2D eigenvalue weighted by atomic mass is 35.5. The third-order valence-corrected chi connectivity index (χ3v) is 3.68. The van der Waals surface area contributed by atoms with Crippen LogP contribution in [0.1, 0.15) is 25.2 Å². The van der Waals surface area contributed by atoms with Crippen LogP contribution in [0.25, 0.3) is 11.0 Å². The number of para-hydroxylation sites is 1. The zero-order valence-electron chi connectivity index (χ0n) is 12.2. The van der Waals surface area contributed by atoms with E-state index in [1.807, 2.05) is 12.1 Å². The molecule has 0 aliphatic carbocycles. The normalized spacial score (nSPS) is 12.8. The molecule has 0 aliphatic heterocycles. The Morgan fingerprint density at radius 3 is 2.75 bits per heavy atom. The standard InChI is InChI=1S/C15H21ClN2O2/c1-4-11(10-19-2)18-12-6-5-7-13(20-3)15(12)17-14(18)8-9-16/h5-7,11H,4,8-10H2,1-3H3. The molecule has 2 rings (SSSR count). The van der Waals surface area contributed by atoms with Gasteiger partial charge in [0.15, 0.2) is 0 Å². The molecule has 1 aromatic carbocycles. The van der Waals surface area contributed by atoms with E-state index >= 15 is 0 Å². The average molecular weight is 297 g/mol. The molecule has 0 radical (unpaired) electrons. The van der Waals surface area contributed by atoms with E-state index in [9.17, 15) is 0 Å². The molecule has 110 valence electrons. The van der Waals surface area contributed by atoms with Gasteiger partial charge in [0.25, 0.3) is 0 Å². The predicted molar refractivity (Wildman–Crippen MR) is 81.9 cm³/mol. The van der Waals surface area contributed by atoms with Crippen LogP contribution in [-0.2, 0) is 11.2 Å². The molecule has 1 aromatic heterocycles. The van der Waals surface area contributed by atoms with Crippen molar-refractivity contribution in [3.05, 3.63) is 24.0 Å². The molecule has 4 nitrogen and oxygen atoms in total. The number of methoxy groups -OCH3 is 2. The number of fused-ring (bicyclic) bond motifs is 1. The van der Waals surface area contributed by atoms with Gasteiger partial charge in [0.2, 0.25) is 0 Å². The summed E-state index contributed by atoms with van der Waals surface area (Å²) in [5.41, 5.74) is 1.97. The lowest BCUT2D eigenvalue weighted by Gasteiger charge is -2.19. The maximum atomic E-state index is 5.92. The Balaban J connectivity index is 2.61. The first-order valence-corrected chi connectivity index (χ1v) is 7.38. The molecule has 0 spiro atoms. The van der Waals surface area contributed by atoms with Crippen LogP contribution in [0.3, 0.4) is 0 Å². The highest BCUT2D eigenvalue weighted by Gasteiger charge is 2.19. The van der Waals surface area contributed by atoms with Gasteiger partial charge in [0.05, 0.1) is 25.3 Å². The van der Waals surface area contributed by atoms with Crippen LogP contribution in [0.4, 0.5) is 0 Å². The number of alkyl halides is 1. The number of nitrogens with zero attached hydrogens (tertiary/aromatic N) is 2. The van der Waals surface area contributed by atoms with Crippen LogP contribution in [-0.4, -0.2) is 36.3 Å². The van der Waals surface area contributed by atoms with E-state index in [1.54, 1.807) is 14.2 Å². The number of benzene rings is 1. The van der Waals surface area contributed by atoms with Crippen LogP contribution in [0.2, 0.25) is 0 Å². The number of aryl methyl sites for hydroxylation is 1. The minimum absolute atomic E-state index is 0.260. The molecule has 5 heteroatoms. The predicted octanol–water partition coefficient (Wildman–Crippen LogP) is 3.42. The fraction of sp³-hybridized carbons (Fsp3) is 0.533. The van der Waals surface area contributed by atoms with Crippen LogP contribution in [0, 0.1) is 0 Å². The Hall–Kier alpha value is -1.26. The molecule has 0 N–H and O–H groups in total. The summed E-state index contributed by atoms with van der Waals surface area (Å²) in [5.74, 6) is 2.34. The first-order chi connectivity index (χ1) is 9.76. The second-order valence-corrected chi connectivity index (χ2v) is 5.06. The summed E-state index contributed by atoms with van der Waals surface area (Å²) in [4.78, 5) is 4.72. The summed E-state index contributed by atoms with van der Waals surface area (Å²) in [6, 6.07) is 6.25. The highest BCUT2D eigenvalue weighted by Crippen LogP contribution is 2.29. The molecule has 0 saturated heterocycles. The van der Waals surface area contributed by atoms with Crippen LogP contribution < -0.4 is 4.74 Å². The van der Waals surface area contributed by atoms with E-state index in [4.69, 9.17) is 26.1 Å². The second-order valence-electron chi connectivity index (χ2n) is 4.68. The Bertz CT molecular complexity index is 568. The van der Waals surface area contributed by atoms with E-state index < -0.39 is 0 Å². The lowest BCUT2D eigenvalue weighted by Crippen LogP contribution is -2.16. The van der Waals surface area contributed by atoms with Crippen LogP contribution in [0.5, 0.6) is 5.75 Å². The monoisotopic (exact) mass is 296 g/mol. The fourth-order valence-corrected chi connectivity index (χ4v) is 2.71. The summed E-state index contributed by atoms with van der Waals surface area (Å²) in [6.07, 6.45) is 1.71. The number of hydrogen-bond acceptors (Lipinski definition) is 3. The maximum Gasteiger partial charge on any atom is 0.146 e. The van der Waals surface area contributed by atoms with Crippen molar-refractivity contribution < 1.29 is 9.47 Å². The van der Waals surface area contributed by atoms with Gasteiger partial charge in [-0.3, -0.25) is 0 Å². The molecule has 20 heavy (non-hydrogen) atoms. The zero-order valence-corrected chi connectivity index (χ0v) is 13.0. The van der Waals surface area contributed by atoms with Gasteiger partial charge in [0.1, 0.15) is 17.1 Å². The zero-order chi connectivity index (χ0) is 14.5. The SMILES string of the molecule is CCC(COC)n1c(CCCl)nc2c(OC)cccc21. The van der Waals surface area contributed by atoms with Crippen molar-refractivity contribution in [3.63, 3.8) is 0 Å². The second kappa shape index (κ2) is 6.95. The highest BCUT2D eigenvalue weighted by molar-refractivity contribution is 6.17. The number of imidazole rings is 1. The first-order valence-electron chi connectivity index (χ1n) is 6.85. The van der Waals surface area contributed by atoms with Gasteiger partial charge in [0, 0.05) is 19.4 Å². The summed E-state index contributed by atoms with van der Waals surface area (Å²) in [7, 11) is 3.39. The van der Waals surface area contributed by atoms with E-state index in [0.29, 0.717) is 12.5 Å². The lowest BCUT2D eigenvalue weighted by atomic mass is 10.2. The molecule has 1 unspecified atom stereocenters. The molecular formula is C15H21ClN2O2. The molecular weight excluding hydrogens is 276 g/mol. The third-order valence-electron chi connectivity index (χ3n) is 3.49. The first kappa shape index (κ1) is 15.1. The molecule has 1 atom stereocenters. The summed E-state index contributed by atoms with van der Waals surface area (Å²) < 4.78 is 13.0. The van der Waals surface area contributed by atoms with Gasteiger partial charge in [-0.05, 0) is 18.6 Å². The van der Waals surface area contributed by atoms with Crippen molar-refractivity contribution in [2.24, 2.45) is 0 Å². The minimum Gasteiger partial charge on any atom is -0.494 e. The Labute approximate surface area is 124 Å². The molecule has 0 fully saturated rings. The Morgan fingerprint density at radius 1 is 1.35 bits per heavy atom. The fourth-order valence-electron chi connectivity index (χ4n) is 2.54. The van der Waals surface area contributed by atoms with Crippen LogP contribution >= 0.6 is 11.6 Å². The number of aromatic nitrogens is 2. The van der Waals surface area contributed by atoms with E-state index in [-0.39, 0.29) is 6.04 Å². The van der Waals surface area contributed by atoms with Gasteiger partial charge >= 0.3 is 0 Å². The number of halogens is 1. The molecule has 0 amide bonds. The topological polar surface area (TPSA) is 36.3 Å². The number of ether oxygens (including phenoxy) is 2. The Morgan fingerprint density at radius 2 is 2.15 bits per heavy atom. The van der Waals surface area contributed by atoms with Crippen LogP contribution in [0.15, 0.2) is 18.2 Å². The molecule has 1 heterocycles. The van der Waals surface area contributed by atoms with Crippen molar-refractivity contribution in [1.82, 2.24) is 9.55 Å². The van der Waals surface area contributed by atoms with E-state index in [1.165, 1.54) is 0 Å². The van der Waals surface area contributed by atoms with Crippen molar-refractivity contribution in [2.75, 3.05) is 26.7 Å². The van der Waals surface area contributed by atoms with Crippen molar-refractivity contribution >= 4 is 22.6 Å². The van der Waals surface area contributed by atoms with Crippen molar-refractivity contribution in [2.45, 2.75) is 25.8 Å². The smallest absolute Gasteiger partial charge is 0.146 e.